The molecule has 0 saturated carbocycles. The molecule has 1 aromatic rings. The van der Waals surface area contributed by atoms with E-state index < -0.39 is 0 Å². The summed E-state index contributed by atoms with van der Waals surface area (Å²) in [4.78, 5) is 6.81. The molecule has 1 N–H and O–H groups in total. The van der Waals surface area contributed by atoms with Crippen LogP contribution in [0.2, 0.25) is 0 Å². The monoisotopic (exact) mass is 270 g/mol. The van der Waals surface area contributed by atoms with Crippen LogP contribution in [0.4, 0.5) is 0 Å². The number of hydrogen-bond acceptors (Lipinski definition) is 6. The van der Waals surface area contributed by atoms with Crippen LogP contribution in [-0.4, -0.2) is 52.7 Å². The Morgan fingerprint density at radius 2 is 2.39 bits per heavy atom. The zero-order valence-electron chi connectivity index (χ0n) is 11.3. The smallest absolute Gasteiger partial charge is 0.227 e. The van der Waals surface area contributed by atoms with Gasteiger partial charge in [-0.3, -0.25) is 4.90 Å². The van der Waals surface area contributed by atoms with Crippen molar-refractivity contribution in [2.24, 2.45) is 0 Å². The van der Waals surface area contributed by atoms with Gasteiger partial charge in [0.2, 0.25) is 5.89 Å². The Kier molecular flexibility index (Phi) is 5.03. The van der Waals surface area contributed by atoms with E-state index in [0.717, 1.165) is 37.0 Å². The van der Waals surface area contributed by atoms with E-state index in [9.17, 15) is 0 Å². The average Bonchev–Trinajstić information content (AvgIpc) is 2.78. The Morgan fingerprint density at radius 3 is 3.11 bits per heavy atom. The fourth-order valence-corrected chi connectivity index (χ4v) is 3.14. The second-order valence-corrected chi connectivity index (χ2v) is 6.13. The zero-order valence-corrected chi connectivity index (χ0v) is 12.2. The quantitative estimate of drug-likeness (QED) is 0.871. The summed E-state index contributed by atoms with van der Waals surface area (Å²) in [7, 11) is 2.13. The lowest BCUT2D eigenvalue weighted by Gasteiger charge is -2.29. The first kappa shape index (κ1) is 13.8. The molecule has 1 atom stereocenters. The van der Waals surface area contributed by atoms with Gasteiger partial charge in [-0.25, -0.2) is 0 Å². The van der Waals surface area contributed by atoms with Gasteiger partial charge < -0.3 is 9.84 Å². The van der Waals surface area contributed by atoms with E-state index in [0.29, 0.717) is 12.1 Å². The van der Waals surface area contributed by atoms with Crippen LogP contribution in [0.5, 0.6) is 0 Å². The van der Waals surface area contributed by atoms with Crippen LogP contribution in [-0.2, 0) is 6.42 Å². The van der Waals surface area contributed by atoms with Crippen LogP contribution in [0, 0.1) is 0 Å². The van der Waals surface area contributed by atoms with Crippen molar-refractivity contribution in [3.63, 3.8) is 0 Å². The third kappa shape index (κ3) is 3.70. The Labute approximate surface area is 113 Å². The van der Waals surface area contributed by atoms with Gasteiger partial charge >= 0.3 is 0 Å². The first-order valence-corrected chi connectivity index (χ1v) is 7.66. The Morgan fingerprint density at radius 1 is 1.56 bits per heavy atom. The third-order valence-electron chi connectivity index (χ3n) is 3.07. The van der Waals surface area contributed by atoms with Crippen molar-refractivity contribution >= 4 is 11.8 Å². The summed E-state index contributed by atoms with van der Waals surface area (Å²) in [6.45, 7) is 6.24. The van der Waals surface area contributed by atoms with Crippen molar-refractivity contribution in [1.29, 1.82) is 0 Å². The lowest BCUT2D eigenvalue weighted by molar-refractivity contribution is 0.256. The molecule has 0 bridgehead atoms. The average molecular weight is 270 g/mol. The first-order chi connectivity index (χ1) is 8.66. The highest BCUT2D eigenvalue weighted by Crippen LogP contribution is 2.26. The van der Waals surface area contributed by atoms with Crippen molar-refractivity contribution in [2.75, 3.05) is 31.6 Å². The molecule has 1 aliphatic heterocycles. The van der Waals surface area contributed by atoms with E-state index in [4.69, 9.17) is 4.52 Å². The molecule has 5 nitrogen and oxygen atoms in total. The SMILES string of the molecule is CC(C)NCCc1nc(C2CSCCN2C)no1. The number of hydrogen-bond donors (Lipinski definition) is 1. The fraction of sp³-hybridized carbons (Fsp3) is 0.833. The highest BCUT2D eigenvalue weighted by molar-refractivity contribution is 7.99. The molecule has 1 aliphatic rings. The Bertz CT molecular complexity index is 369. The molecule has 2 heterocycles. The van der Waals surface area contributed by atoms with Gasteiger partial charge in [0.1, 0.15) is 0 Å². The minimum Gasteiger partial charge on any atom is -0.339 e. The van der Waals surface area contributed by atoms with E-state index in [-0.39, 0.29) is 0 Å². The standard InChI is InChI=1S/C12H22N4OS/c1-9(2)13-5-4-11-14-12(15-17-11)10-8-18-7-6-16(10)3/h9-10,13H,4-8H2,1-3H3. The van der Waals surface area contributed by atoms with Crippen molar-refractivity contribution in [2.45, 2.75) is 32.4 Å². The minimum absolute atomic E-state index is 0.305. The zero-order chi connectivity index (χ0) is 13.0. The van der Waals surface area contributed by atoms with Crippen LogP contribution >= 0.6 is 11.8 Å². The van der Waals surface area contributed by atoms with Gasteiger partial charge in [-0.05, 0) is 7.05 Å². The van der Waals surface area contributed by atoms with Crippen LogP contribution in [0.3, 0.4) is 0 Å². The van der Waals surface area contributed by atoms with Crippen LogP contribution in [0.15, 0.2) is 4.52 Å². The molecule has 0 radical (unpaired) electrons. The van der Waals surface area contributed by atoms with Crippen molar-refractivity contribution < 1.29 is 4.52 Å². The molecule has 1 fully saturated rings. The molecular weight excluding hydrogens is 248 g/mol. The molecule has 102 valence electrons. The van der Waals surface area contributed by atoms with E-state index in [1.165, 1.54) is 5.75 Å². The van der Waals surface area contributed by atoms with Crippen LogP contribution < -0.4 is 5.32 Å². The van der Waals surface area contributed by atoms with Gasteiger partial charge in [0.25, 0.3) is 0 Å². The number of nitrogens with one attached hydrogen (secondary N) is 1. The number of thioether (sulfide) groups is 1. The normalized spacial score (nSPS) is 21.7. The van der Waals surface area contributed by atoms with E-state index in [2.05, 4.69) is 41.3 Å². The minimum atomic E-state index is 0.305. The maximum absolute atomic E-state index is 5.31. The maximum Gasteiger partial charge on any atom is 0.227 e. The van der Waals surface area contributed by atoms with E-state index >= 15 is 0 Å². The highest BCUT2D eigenvalue weighted by Gasteiger charge is 2.25. The summed E-state index contributed by atoms with van der Waals surface area (Å²) >= 11 is 1.96. The first-order valence-electron chi connectivity index (χ1n) is 6.50. The third-order valence-corrected chi connectivity index (χ3v) is 4.09. The predicted octanol–water partition coefficient (Wildman–Crippen LogP) is 1.33. The summed E-state index contributed by atoms with van der Waals surface area (Å²) < 4.78 is 5.31. The highest BCUT2D eigenvalue weighted by atomic mass is 32.2. The Balaban J connectivity index is 1.88. The summed E-state index contributed by atoms with van der Waals surface area (Å²) in [5.41, 5.74) is 0. The lowest BCUT2D eigenvalue weighted by Crippen LogP contribution is -2.33. The van der Waals surface area contributed by atoms with Gasteiger partial charge in [-0.1, -0.05) is 19.0 Å². The van der Waals surface area contributed by atoms with Crippen molar-refractivity contribution in [1.82, 2.24) is 20.4 Å². The molecule has 1 aromatic heterocycles. The lowest BCUT2D eigenvalue weighted by atomic mass is 10.3. The van der Waals surface area contributed by atoms with E-state index in [1.807, 2.05) is 11.8 Å². The molecule has 0 aliphatic carbocycles. The fourth-order valence-electron chi connectivity index (χ4n) is 1.93. The molecule has 18 heavy (non-hydrogen) atoms. The maximum atomic E-state index is 5.31. The van der Waals surface area contributed by atoms with Gasteiger partial charge in [0.15, 0.2) is 5.82 Å². The molecular formula is C12H22N4OS. The van der Waals surface area contributed by atoms with Gasteiger partial charge in [-0.15, -0.1) is 0 Å². The van der Waals surface area contributed by atoms with E-state index in [1.54, 1.807) is 0 Å². The largest absolute Gasteiger partial charge is 0.339 e. The summed E-state index contributed by atoms with van der Waals surface area (Å²) in [5.74, 6) is 3.82. The molecule has 1 unspecified atom stereocenters. The molecule has 0 spiro atoms. The van der Waals surface area contributed by atoms with Gasteiger partial charge in [0, 0.05) is 37.1 Å². The molecule has 2 rings (SSSR count). The summed E-state index contributed by atoms with van der Waals surface area (Å²) in [5, 5.41) is 7.47. The second-order valence-electron chi connectivity index (χ2n) is 4.98. The van der Waals surface area contributed by atoms with Crippen molar-refractivity contribution in [3.8, 4) is 0 Å². The molecule has 1 saturated heterocycles. The predicted molar refractivity (Wildman–Crippen MR) is 73.8 cm³/mol. The number of nitrogens with zero attached hydrogens (tertiary/aromatic N) is 3. The van der Waals surface area contributed by atoms with Crippen LogP contribution in [0.1, 0.15) is 31.6 Å². The number of rotatable bonds is 5. The molecule has 6 heteroatoms. The summed E-state index contributed by atoms with van der Waals surface area (Å²) in [6, 6.07) is 0.799. The van der Waals surface area contributed by atoms with Gasteiger partial charge in [-0.2, -0.15) is 16.7 Å². The number of aromatic nitrogens is 2. The van der Waals surface area contributed by atoms with Gasteiger partial charge in [0.05, 0.1) is 6.04 Å². The summed E-state index contributed by atoms with van der Waals surface area (Å²) in [6.07, 6.45) is 0.800. The van der Waals surface area contributed by atoms with Crippen LogP contribution in [0.25, 0.3) is 0 Å². The molecule has 0 aromatic carbocycles. The second kappa shape index (κ2) is 6.54. The van der Waals surface area contributed by atoms with Crippen molar-refractivity contribution in [3.05, 3.63) is 11.7 Å². The Hall–Kier alpha value is -0.590. The molecule has 0 amide bonds. The topological polar surface area (TPSA) is 54.2 Å².